The highest BCUT2D eigenvalue weighted by Gasteiger charge is 2.26. The molecule has 1 aliphatic rings. The normalized spacial score (nSPS) is 25.6. The van der Waals surface area contributed by atoms with Crippen molar-refractivity contribution in [2.75, 3.05) is 13.1 Å². The molecule has 0 saturated carbocycles. The van der Waals surface area contributed by atoms with Crippen LogP contribution in [0.4, 0.5) is 0 Å². The zero-order valence-electron chi connectivity index (χ0n) is 11.7. The molecule has 1 fully saturated rings. The molecule has 0 aromatic carbocycles. The van der Waals surface area contributed by atoms with Gasteiger partial charge >= 0.3 is 0 Å². The summed E-state index contributed by atoms with van der Waals surface area (Å²) in [6.07, 6.45) is 0. The molecule has 2 unspecified atom stereocenters. The Morgan fingerprint density at radius 3 is 2.50 bits per heavy atom. The topological polar surface area (TPSA) is 33.1 Å². The second-order valence-corrected chi connectivity index (χ2v) is 5.98. The van der Waals surface area contributed by atoms with Gasteiger partial charge in [-0.15, -0.1) is 0 Å². The fourth-order valence-corrected chi connectivity index (χ4v) is 3.08. The molecule has 0 amide bonds. The van der Waals surface area contributed by atoms with Gasteiger partial charge in [0.15, 0.2) is 0 Å². The summed E-state index contributed by atoms with van der Waals surface area (Å²) in [6, 6.07) is 1.14. The average Bonchev–Trinajstić information content (AvgIpc) is 2.61. The van der Waals surface area contributed by atoms with Gasteiger partial charge in [-0.2, -0.15) is 5.10 Å². The molecule has 1 N–H and O–H groups in total. The smallest absolute Gasteiger partial charge is 0.0739 e. The molecule has 5 heteroatoms. The third-order valence-electron chi connectivity index (χ3n) is 3.80. The van der Waals surface area contributed by atoms with Crippen LogP contribution in [0, 0.1) is 6.92 Å². The Kier molecular flexibility index (Phi) is 4.45. The minimum atomic E-state index is 0.571. The van der Waals surface area contributed by atoms with Crippen molar-refractivity contribution in [2.45, 2.75) is 52.9 Å². The van der Waals surface area contributed by atoms with Crippen molar-refractivity contribution < 1.29 is 0 Å². The standard InChI is InChI=1S/C13H23BrN4/c1-5-18-12(13(14)11(4)16-18)8-17-9(2)6-15-7-10(17)3/h9-10,15H,5-8H2,1-4H3. The third kappa shape index (κ3) is 2.63. The molecular formula is C13H23BrN4. The van der Waals surface area contributed by atoms with Gasteiger partial charge in [-0.3, -0.25) is 9.58 Å². The lowest BCUT2D eigenvalue weighted by atomic mass is 10.1. The van der Waals surface area contributed by atoms with E-state index in [2.05, 4.69) is 63.6 Å². The Balaban J connectivity index is 2.22. The minimum absolute atomic E-state index is 0.571. The summed E-state index contributed by atoms with van der Waals surface area (Å²) in [5.41, 5.74) is 2.39. The number of hydrogen-bond donors (Lipinski definition) is 1. The summed E-state index contributed by atoms with van der Waals surface area (Å²) in [6.45, 7) is 12.8. The van der Waals surface area contributed by atoms with E-state index in [-0.39, 0.29) is 0 Å². The molecule has 0 spiro atoms. The zero-order valence-corrected chi connectivity index (χ0v) is 13.3. The van der Waals surface area contributed by atoms with E-state index in [1.165, 1.54) is 10.2 Å². The monoisotopic (exact) mass is 314 g/mol. The van der Waals surface area contributed by atoms with Crippen molar-refractivity contribution >= 4 is 15.9 Å². The Morgan fingerprint density at radius 2 is 1.94 bits per heavy atom. The van der Waals surface area contributed by atoms with E-state index < -0.39 is 0 Å². The van der Waals surface area contributed by atoms with Crippen molar-refractivity contribution in [3.8, 4) is 0 Å². The summed E-state index contributed by atoms with van der Waals surface area (Å²) >= 11 is 3.68. The summed E-state index contributed by atoms with van der Waals surface area (Å²) < 4.78 is 3.28. The second kappa shape index (κ2) is 5.72. The van der Waals surface area contributed by atoms with Gasteiger partial charge in [0.1, 0.15) is 0 Å². The summed E-state index contributed by atoms with van der Waals surface area (Å²) in [4.78, 5) is 2.56. The first-order valence-electron chi connectivity index (χ1n) is 6.72. The van der Waals surface area contributed by atoms with Crippen LogP contribution in [0.3, 0.4) is 0 Å². The van der Waals surface area contributed by atoms with Gasteiger partial charge in [0.2, 0.25) is 0 Å². The molecule has 1 aromatic rings. The van der Waals surface area contributed by atoms with E-state index in [1.54, 1.807) is 0 Å². The van der Waals surface area contributed by atoms with E-state index >= 15 is 0 Å². The van der Waals surface area contributed by atoms with E-state index in [0.29, 0.717) is 12.1 Å². The molecule has 102 valence electrons. The Labute approximate surface area is 118 Å². The van der Waals surface area contributed by atoms with Crippen LogP contribution >= 0.6 is 15.9 Å². The number of hydrogen-bond acceptors (Lipinski definition) is 3. The van der Waals surface area contributed by atoms with E-state index in [9.17, 15) is 0 Å². The molecule has 1 saturated heterocycles. The molecule has 18 heavy (non-hydrogen) atoms. The van der Waals surface area contributed by atoms with Crippen LogP contribution in [0.2, 0.25) is 0 Å². The van der Waals surface area contributed by atoms with Crippen LogP contribution in [0.5, 0.6) is 0 Å². The highest BCUT2D eigenvalue weighted by atomic mass is 79.9. The number of halogens is 1. The molecule has 0 aliphatic carbocycles. The molecule has 1 aliphatic heterocycles. The van der Waals surface area contributed by atoms with E-state index in [0.717, 1.165) is 31.9 Å². The molecule has 1 aromatic heterocycles. The first-order chi connectivity index (χ1) is 8.54. The largest absolute Gasteiger partial charge is 0.314 e. The average molecular weight is 315 g/mol. The van der Waals surface area contributed by atoms with Crippen molar-refractivity contribution in [1.29, 1.82) is 0 Å². The van der Waals surface area contributed by atoms with E-state index in [1.807, 2.05) is 0 Å². The van der Waals surface area contributed by atoms with Crippen LogP contribution < -0.4 is 5.32 Å². The lowest BCUT2D eigenvalue weighted by Crippen LogP contribution is -2.54. The van der Waals surface area contributed by atoms with Gasteiger partial charge in [0.05, 0.1) is 15.9 Å². The fraction of sp³-hybridized carbons (Fsp3) is 0.769. The molecule has 2 atom stereocenters. The number of piperazine rings is 1. The van der Waals surface area contributed by atoms with Crippen molar-refractivity contribution in [1.82, 2.24) is 20.0 Å². The zero-order chi connectivity index (χ0) is 13.3. The predicted octanol–water partition coefficient (Wildman–Crippen LogP) is 2.16. The van der Waals surface area contributed by atoms with Gasteiger partial charge in [-0.05, 0) is 43.6 Å². The number of rotatable bonds is 3. The van der Waals surface area contributed by atoms with E-state index in [4.69, 9.17) is 0 Å². The maximum absolute atomic E-state index is 4.57. The lowest BCUT2D eigenvalue weighted by Gasteiger charge is -2.39. The van der Waals surface area contributed by atoms with Gasteiger partial charge in [0.25, 0.3) is 0 Å². The summed E-state index contributed by atoms with van der Waals surface area (Å²) in [5.74, 6) is 0. The molecular weight excluding hydrogens is 292 g/mol. The van der Waals surface area contributed by atoms with Gasteiger partial charge in [-0.1, -0.05) is 0 Å². The second-order valence-electron chi connectivity index (χ2n) is 5.19. The maximum atomic E-state index is 4.57. The van der Waals surface area contributed by atoms with Crippen LogP contribution in [0.15, 0.2) is 4.47 Å². The molecule has 4 nitrogen and oxygen atoms in total. The van der Waals surface area contributed by atoms with Gasteiger partial charge in [-0.25, -0.2) is 0 Å². The number of nitrogens with one attached hydrogen (secondary N) is 1. The Hall–Kier alpha value is -0.390. The van der Waals surface area contributed by atoms with Crippen molar-refractivity contribution in [3.63, 3.8) is 0 Å². The summed E-state index contributed by atoms with van der Waals surface area (Å²) in [5, 5.41) is 8.04. The quantitative estimate of drug-likeness (QED) is 0.928. The van der Waals surface area contributed by atoms with Crippen LogP contribution in [-0.4, -0.2) is 39.9 Å². The third-order valence-corrected chi connectivity index (χ3v) is 4.83. The first-order valence-corrected chi connectivity index (χ1v) is 7.52. The first kappa shape index (κ1) is 14.0. The number of nitrogens with zero attached hydrogens (tertiary/aromatic N) is 3. The number of aryl methyl sites for hydroxylation is 2. The number of aromatic nitrogens is 2. The highest BCUT2D eigenvalue weighted by Crippen LogP contribution is 2.24. The minimum Gasteiger partial charge on any atom is -0.314 e. The highest BCUT2D eigenvalue weighted by molar-refractivity contribution is 9.10. The Bertz CT molecular complexity index is 405. The Morgan fingerprint density at radius 1 is 1.33 bits per heavy atom. The molecule has 0 bridgehead atoms. The molecule has 2 rings (SSSR count). The summed E-state index contributed by atoms with van der Waals surface area (Å²) in [7, 11) is 0. The fourth-order valence-electron chi connectivity index (χ4n) is 2.67. The molecule has 0 radical (unpaired) electrons. The van der Waals surface area contributed by atoms with Gasteiger partial charge < -0.3 is 5.32 Å². The predicted molar refractivity (Wildman–Crippen MR) is 77.7 cm³/mol. The SMILES string of the molecule is CCn1nc(C)c(Br)c1CN1C(C)CNCC1C. The van der Waals surface area contributed by atoms with Crippen LogP contribution in [-0.2, 0) is 13.1 Å². The van der Waals surface area contributed by atoms with Crippen LogP contribution in [0.25, 0.3) is 0 Å². The van der Waals surface area contributed by atoms with Crippen molar-refractivity contribution in [3.05, 3.63) is 15.9 Å². The van der Waals surface area contributed by atoms with Gasteiger partial charge in [0, 0.05) is 38.3 Å². The lowest BCUT2D eigenvalue weighted by molar-refractivity contribution is 0.105. The maximum Gasteiger partial charge on any atom is 0.0739 e. The van der Waals surface area contributed by atoms with Crippen LogP contribution in [0.1, 0.15) is 32.2 Å². The molecule has 2 heterocycles. The van der Waals surface area contributed by atoms with Crippen molar-refractivity contribution in [2.24, 2.45) is 0 Å².